The summed E-state index contributed by atoms with van der Waals surface area (Å²) >= 11 is 5.73. The van der Waals surface area contributed by atoms with Gasteiger partial charge in [0.15, 0.2) is 0 Å². The number of benzene rings is 2. The van der Waals surface area contributed by atoms with Gasteiger partial charge in [0.1, 0.15) is 10.6 Å². The van der Waals surface area contributed by atoms with E-state index in [-0.39, 0.29) is 22.2 Å². The first-order valence-corrected chi connectivity index (χ1v) is 7.94. The fraction of sp³-hybridized carbons (Fsp3) is 0.0714. The Morgan fingerprint density at radius 2 is 1.82 bits per heavy atom. The standard InChI is InChI=1S/C14H13ClN2O4S/c1-9(18)17-11-4-7-13(16)14(8-11)22(19,20)21-12-5-2-10(15)3-6-12/h2-8H,16H2,1H3,(H,17,18). The highest BCUT2D eigenvalue weighted by atomic mass is 35.5. The number of amides is 1. The highest BCUT2D eigenvalue weighted by Gasteiger charge is 2.21. The minimum absolute atomic E-state index is 0.0167. The van der Waals surface area contributed by atoms with Crippen molar-refractivity contribution >= 4 is 39.0 Å². The predicted molar refractivity (Wildman–Crippen MR) is 84.4 cm³/mol. The quantitative estimate of drug-likeness (QED) is 0.658. The molecule has 22 heavy (non-hydrogen) atoms. The first kappa shape index (κ1) is 16.1. The van der Waals surface area contributed by atoms with Crippen LogP contribution in [0.1, 0.15) is 6.92 Å². The van der Waals surface area contributed by atoms with Gasteiger partial charge in [-0.2, -0.15) is 8.42 Å². The Kier molecular flexibility index (Phi) is 4.58. The van der Waals surface area contributed by atoms with E-state index in [0.29, 0.717) is 10.7 Å². The molecule has 0 bridgehead atoms. The second kappa shape index (κ2) is 6.25. The van der Waals surface area contributed by atoms with Gasteiger partial charge in [0.05, 0.1) is 5.69 Å². The first-order valence-electron chi connectivity index (χ1n) is 6.15. The summed E-state index contributed by atoms with van der Waals surface area (Å²) in [6, 6.07) is 9.97. The molecule has 0 heterocycles. The molecule has 0 aromatic heterocycles. The lowest BCUT2D eigenvalue weighted by atomic mass is 10.3. The van der Waals surface area contributed by atoms with Crippen molar-refractivity contribution in [1.82, 2.24) is 0 Å². The van der Waals surface area contributed by atoms with Gasteiger partial charge in [0.25, 0.3) is 0 Å². The van der Waals surface area contributed by atoms with Crippen LogP contribution in [0, 0.1) is 0 Å². The van der Waals surface area contributed by atoms with Gasteiger partial charge in [-0.3, -0.25) is 4.79 Å². The van der Waals surface area contributed by atoms with Gasteiger partial charge in [-0.15, -0.1) is 0 Å². The third-order valence-electron chi connectivity index (χ3n) is 2.62. The minimum Gasteiger partial charge on any atom is -0.398 e. The van der Waals surface area contributed by atoms with E-state index in [0.717, 1.165) is 0 Å². The molecule has 0 spiro atoms. The molecule has 0 saturated carbocycles. The predicted octanol–water partition coefficient (Wildman–Crippen LogP) is 2.65. The number of nitrogens with two attached hydrogens (primary N) is 1. The summed E-state index contributed by atoms with van der Waals surface area (Å²) in [4.78, 5) is 10.8. The number of carbonyl (C=O) groups is 1. The molecule has 0 saturated heterocycles. The van der Waals surface area contributed by atoms with E-state index in [2.05, 4.69) is 5.32 Å². The first-order chi connectivity index (χ1) is 10.3. The van der Waals surface area contributed by atoms with Gasteiger partial charge < -0.3 is 15.2 Å². The van der Waals surface area contributed by atoms with E-state index in [4.69, 9.17) is 21.5 Å². The molecule has 0 atom stereocenters. The van der Waals surface area contributed by atoms with Crippen LogP contribution in [0.25, 0.3) is 0 Å². The summed E-state index contributed by atoms with van der Waals surface area (Å²) in [6.07, 6.45) is 0. The number of anilines is 2. The molecule has 116 valence electrons. The Morgan fingerprint density at radius 1 is 1.18 bits per heavy atom. The van der Waals surface area contributed by atoms with E-state index in [1.54, 1.807) is 0 Å². The van der Waals surface area contributed by atoms with Crippen LogP contribution >= 0.6 is 11.6 Å². The zero-order valence-electron chi connectivity index (χ0n) is 11.5. The fourth-order valence-electron chi connectivity index (χ4n) is 1.69. The van der Waals surface area contributed by atoms with Gasteiger partial charge in [-0.25, -0.2) is 0 Å². The largest absolute Gasteiger partial charge is 0.398 e. The third-order valence-corrected chi connectivity index (χ3v) is 4.18. The van der Waals surface area contributed by atoms with E-state index < -0.39 is 10.1 Å². The zero-order chi connectivity index (χ0) is 16.3. The molecule has 6 nitrogen and oxygen atoms in total. The molecule has 0 unspecified atom stereocenters. The fourth-order valence-corrected chi connectivity index (χ4v) is 2.90. The second-order valence-electron chi connectivity index (χ2n) is 4.43. The van der Waals surface area contributed by atoms with Crippen molar-refractivity contribution in [1.29, 1.82) is 0 Å². The summed E-state index contributed by atoms with van der Waals surface area (Å²) in [5.41, 5.74) is 6.01. The topological polar surface area (TPSA) is 98.5 Å². The SMILES string of the molecule is CC(=O)Nc1ccc(N)c(S(=O)(=O)Oc2ccc(Cl)cc2)c1. The zero-order valence-corrected chi connectivity index (χ0v) is 13.1. The average Bonchev–Trinajstić information content (AvgIpc) is 2.42. The van der Waals surface area contributed by atoms with Crippen molar-refractivity contribution < 1.29 is 17.4 Å². The maximum absolute atomic E-state index is 12.3. The lowest BCUT2D eigenvalue weighted by Crippen LogP contribution is -2.13. The number of hydrogen-bond donors (Lipinski definition) is 2. The van der Waals surface area contributed by atoms with Gasteiger partial charge in [0, 0.05) is 17.6 Å². The Bertz CT molecular complexity index is 804. The van der Waals surface area contributed by atoms with E-state index in [1.165, 1.54) is 49.4 Å². The molecule has 3 N–H and O–H groups in total. The van der Waals surface area contributed by atoms with E-state index in [9.17, 15) is 13.2 Å². The van der Waals surface area contributed by atoms with Crippen LogP contribution in [0.3, 0.4) is 0 Å². The molecule has 0 aliphatic heterocycles. The summed E-state index contributed by atoms with van der Waals surface area (Å²) in [5.74, 6) is -0.222. The summed E-state index contributed by atoms with van der Waals surface area (Å²) in [7, 11) is -4.13. The smallest absolute Gasteiger partial charge is 0.341 e. The van der Waals surface area contributed by atoms with Crippen molar-refractivity contribution in [2.45, 2.75) is 11.8 Å². The second-order valence-corrected chi connectivity index (χ2v) is 6.38. The molecule has 2 rings (SSSR count). The van der Waals surface area contributed by atoms with Gasteiger partial charge in [0.2, 0.25) is 5.91 Å². The highest BCUT2D eigenvalue weighted by Crippen LogP contribution is 2.26. The number of halogens is 1. The molecular weight excluding hydrogens is 328 g/mol. The van der Waals surface area contributed by atoms with Crippen LogP contribution in [-0.4, -0.2) is 14.3 Å². The van der Waals surface area contributed by atoms with Gasteiger partial charge in [-0.05, 0) is 42.5 Å². The van der Waals surface area contributed by atoms with Crippen molar-refractivity contribution in [3.05, 3.63) is 47.5 Å². The van der Waals surface area contributed by atoms with Gasteiger partial charge >= 0.3 is 10.1 Å². The molecule has 1 amide bonds. The molecule has 8 heteroatoms. The molecular formula is C14H13ClN2O4S. The monoisotopic (exact) mass is 340 g/mol. The number of hydrogen-bond acceptors (Lipinski definition) is 5. The van der Waals surface area contributed by atoms with Crippen LogP contribution in [0.2, 0.25) is 5.02 Å². The Hall–Kier alpha value is -2.25. The van der Waals surface area contributed by atoms with Crippen LogP contribution in [0.5, 0.6) is 5.75 Å². The Balaban J connectivity index is 2.35. The number of rotatable bonds is 4. The average molecular weight is 341 g/mol. The minimum atomic E-state index is -4.13. The lowest BCUT2D eigenvalue weighted by Gasteiger charge is -2.11. The van der Waals surface area contributed by atoms with Crippen molar-refractivity contribution in [2.75, 3.05) is 11.1 Å². The maximum Gasteiger partial charge on any atom is 0.341 e. The van der Waals surface area contributed by atoms with Crippen molar-refractivity contribution in [2.24, 2.45) is 0 Å². The molecule has 0 aliphatic rings. The van der Waals surface area contributed by atoms with Gasteiger partial charge in [-0.1, -0.05) is 11.6 Å². The number of nitrogen functional groups attached to an aromatic ring is 1. The molecule has 0 aliphatic carbocycles. The van der Waals surface area contributed by atoms with Crippen LogP contribution < -0.4 is 15.2 Å². The molecule has 2 aromatic rings. The van der Waals surface area contributed by atoms with Crippen LogP contribution in [0.15, 0.2) is 47.4 Å². The van der Waals surface area contributed by atoms with Crippen LogP contribution in [-0.2, 0) is 14.9 Å². The summed E-state index contributed by atoms with van der Waals surface area (Å²) in [6.45, 7) is 1.31. The number of nitrogens with one attached hydrogen (secondary N) is 1. The van der Waals surface area contributed by atoms with Crippen molar-refractivity contribution in [3.63, 3.8) is 0 Å². The van der Waals surface area contributed by atoms with Crippen molar-refractivity contribution in [3.8, 4) is 5.75 Å². The number of carbonyl (C=O) groups excluding carboxylic acids is 1. The lowest BCUT2D eigenvalue weighted by molar-refractivity contribution is -0.114. The summed E-state index contributed by atoms with van der Waals surface area (Å²) < 4.78 is 29.6. The molecule has 2 aromatic carbocycles. The third kappa shape index (κ3) is 3.90. The van der Waals surface area contributed by atoms with E-state index >= 15 is 0 Å². The highest BCUT2D eigenvalue weighted by molar-refractivity contribution is 7.87. The maximum atomic E-state index is 12.3. The molecule has 0 fully saturated rings. The molecule has 0 radical (unpaired) electrons. The Labute approximate surface area is 133 Å². The van der Waals surface area contributed by atoms with E-state index in [1.807, 2.05) is 0 Å². The Morgan fingerprint density at radius 3 is 2.41 bits per heavy atom. The normalized spacial score (nSPS) is 11.0. The summed E-state index contributed by atoms with van der Waals surface area (Å²) in [5, 5.41) is 2.94. The van der Waals surface area contributed by atoms with Crippen LogP contribution in [0.4, 0.5) is 11.4 Å².